The van der Waals surface area contributed by atoms with E-state index in [2.05, 4.69) is 22.0 Å². The van der Waals surface area contributed by atoms with Gasteiger partial charge in [0.05, 0.1) is 0 Å². The van der Waals surface area contributed by atoms with Crippen LogP contribution in [0.4, 0.5) is 4.79 Å². The summed E-state index contributed by atoms with van der Waals surface area (Å²) in [7, 11) is 3.53. The van der Waals surface area contributed by atoms with E-state index in [0.717, 1.165) is 19.5 Å². The third-order valence-corrected chi connectivity index (χ3v) is 3.50. The maximum absolute atomic E-state index is 11.3. The van der Waals surface area contributed by atoms with Gasteiger partial charge in [-0.05, 0) is 25.9 Å². The molecule has 18 heavy (non-hydrogen) atoms. The van der Waals surface area contributed by atoms with Crippen molar-refractivity contribution in [3.05, 3.63) is 0 Å². The average Bonchev–Trinajstić information content (AvgIpc) is 2.38. The zero-order chi connectivity index (χ0) is 13.4. The Kier molecular flexibility index (Phi) is 7.05. The highest BCUT2D eigenvalue weighted by molar-refractivity contribution is 5.73. The van der Waals surface area contributed by atoms with Gasteiger partial charge in [-0.1, -0.05) is 6.92 Å². The topological polar surface area (TPSA) is 38.8 Å². The lowest BCUT2D eigenvalue weighted by molar-refractivity contribution is 0.135. The van der Waals surface area contributed by atoms with E-state index in [-0.39, 0.29) is 6.03 Å². The van der Waals surface area contributed by atoms with Crippen molar-refractivity contribution in [1.29, 1.82) is 0 Å². The number of rotatable bonds is 6. The van der Waals surface area contributed by atoms with Crippen molar-refractivity contribution < 1.29 is 4.79 Å². The van der Waals surface area contributed by atoms with Gasteiger partial charge in [0, 0.05) is 46.8 Å². The second kappa shape index (κ2) is 8.32. The molecule has 0 aromatic rings. The number of piperazine rings is 1. The average molecular weight is 256 g/mol. The van der Waals surface area contributed by atoms with E-state index in [1.54, 1.807) is 19.0 Å². The van der Waals surface area contributed by atoms with Gasteiger partial charge in [-0.15, -0.1) is 0 Å². The highest BCUT2D eigenvalue weighted by Crippen LogP contribution is 2.02. The first-order valence-electron chi connectivity index (χ1n) is 7.03. The van der Waals surface area contributed by atoms with E-state index in [0.29, 0.717) is 0 Å². The third kappa shape index (κ3) is 5.69. The Bertz CT molecular complexity index is 237. The lowest BCUT2D eigenvalue weighted by Gasteiger charge is -2.33. The van der Waals surface area contributed by atoms with E-state index < -0.39 is 0 Å². The van der Waals surface area contributed by atoms with Gasteiger partial charge < -0.3 is 20.0 Å². The van der Waals surface area contributed by atoms with Gasteiger partial charge in [0.25, 0.3) is 0 Å². The molecule has 1 rings (SSSR count). The standard InChI is InChI=1S/C13H28N4O/c1-4-16-9-11-17(12-10-16)8-6-5-7-14-13(18)15(2)3/h4-12H2,1-3H3,(H,14,18). The van der Waals surface area contributed by atoms with E-state index in [1.165, 1.54) is 39.1 Å². The first-order chi connectivity index (χ1) is 8.63. The molecule has 1 saturated heterocycles. The van der Waals surface area contributed by atoms with Crippen molar-refractivity contribution in [1.82, 2.24) is 20.0 Å². The zero-order valence-electron chi connectivity index (χ0n) is 12.1. The summed E-state index contributed by atoms with van der Waals surface area (Å²) in [6.45, 7) is 10.1. The third-order valence-electron chi connectivity index (χ3n) is 3.50. The maximum atomic E-state index is 11.3. The van der Waals surface area contributed by atoms with Crippen molar-refractivity contribution in [3.8, 4) is 0 Å². The van der Waals surface area contributed by atoms with Crippen LogP contribution in [0, 0.1) is 0 Å². The predicted octanol–water partition coefficient (Wildman–Crippen LogP) is 0.675. The molecule has 1 N–H and O–H groups in total. The number of hydrogen-bond donors (Lipinski definition) is 1. The Labute approximate surface area is 111 Å². The molecule has 1 aliphatic rings. The fourth-order valence-corrected chi connectivity index (χ4v) is 2.14. The first kappa shape index (κ1) is 15.2. The summed E-state index contributed by atoms with van der Waals surface area (Å²) in [5.74, 6) is 0. The van der Waals surface area contributed by atoms with Crippen LogP contribution in [0.5, 0.6) is 0 Å². The van der Waals surface area contributed by atoms with Gasteiger partial charge in [0.2, 0.25) is 0 Å². The molecule has 5 heteroatoms. The van der Waals surface area contributed by atoms with Gasteiger partial charge in [-0.3, -0.25) is 0 Å². The largest absolute Gasteiger partial charge is 0.338 e. The van der Waals surface area contributed by atoms with Crippen molar-refractivity contribution in [2.24, 2.45) is 0 Å². The van der Waals surface area contributed by atoms with Crippen molar-refractivity contribution >= 4 is 6.03 Å². The molecule has 0 aliphatic carbocycles. The fourth-order valence-electron chi connectivity index (χ4n) is 2.14. The monoisotopic (exact) mass is 256 g/mol. The number of urea groups is 1. The normalized spacial score (nSPS) is 17.7. The van der Waals surface area contributed by atoms with Crippen LogP contribution in [0.15, 0.2) is 0 Å². The lowest BCUT2D eigenvalue weighted by atomic mass is 10.2. The minimum atomic E-state index is 0.00607. The smallest absolute Gasteiger partial charge is 0.316 e. The molecule has 0 spiro atoms. The maximum Gasteiger partial charge on any atom is 0.316 e. The van der Waals surface area contributed by atoms with Crippen LogP contribution in [0.2, 0.25) is 0 Å². The van der Waals surface area contributed by atoms with Crippen molar-refractivity contribution in [3.63, 3.8) is 0 Å². The molecule has 0 radical (unpaired) electrons. The number of likely N-dealkylation sites (N-methyl/N-ethyl adjacent to an activating group) is 1. The van der Waals surface area contributed by atoms with Gasteiger partial charge in [-0.25, -0.2) is 4.79 Å². The van der Waals surface area contributed by atoms with E-state index in [9.17, 15) is 4.79 Å². The number of carbonyl (C=O) groups excluding carboxylic acids is 1. The lowest BCUT2D eigenvalue weighted by Crippen LogP contribution is -2.46. The first-order valence-corrected chi connectivity index (χ1v) is 7.03. The van der Waals surface area contributed by atoms with Gasteiger partial charge in [0.1, 0.15) is 0 Å². The minimum Gasteiger partial charge on any atom is -0.338 e. The van der Waals surface area contributed by atoms with Crippen LogP contribution < -0.4 is 5.32 Å². The summed E-state index contributed by atoms with van der Waals surface area (Å²) in [5.41, 5.74) is 0. The molecule has 106 valence electrons. The molecule has 1 aliphatic heterocycles. The fraction of sp³-hybridized carbons (Fsp3) is 0.923. The minimum absolute atomic E-state index is 0.00607. The molecule has 2 amide bonds. The molecule has 0 aromatic heterocycles. The number of amides is 2. The summed E-state index contributed by atoms with van der Waals surface area (Å²) in [6, 6.07) is 0.00607. The van der Waals surface area contributed by atoms with Crippen LogP contribution >= 0.6 is 0 Å². The van der Waals surface area contributed by atoms with Crippen LogP contribution in [0.1, 0.15) is 19.8 Å². The molecule has 1 heterocycles. The summed E-state index contributed by atoms with van der Waals surface area (Å²) >= 11 is 0. The molecule has 1 fully saturated rings. The van der Waals surface area contributed by atoms with Crippen molar-refractivity contribution in [2.75, 3.05) is 59.9 Å². The molecule has 0 bridgehead atoms. The van der Waals surface area contributed by atoms with Crippen molar-refractivity contribution in [2.45, 2.75) is 19.8 Å². The van der Waals surface area contributed by atoms with E-state index >= 15 is 0 Å². The van der Waals surface area contributed by atoms with Crippen LogP contribution in [-0.2, 0) is 0 Å². The molecule has 0 aromatic carbocycles. The number of nitrogens with zero attached hydrogens (tertiary/aromatic N) is 3. The molecule has 0 saturated carbocycles. The molecule has 0 unspecified atom stereocenters. The quantitative estimate of drug-likeness (QED) is 0.710. The summed E-state index contributed by atoms with van der Waals surface area (Å²) in [6.07, 6.45) is 2.23. The second-order valence-electron chi connectivity index (χ2n) is 5.11. The molecular formula is C13H28N4O. The highest BCUT2D eigenvalue weighted by atomic mass is 16.2. The Morgan fingerprint density at radius 3 is 2.28 bits per heavy atom. The van der Waals surface area contributed by atoms with E-state index in [1.807, 2.05) is 0 Å². The highest BCUT2D eigenvalue weighted by Gasteiger charge is 2.14. The Balaban J connectivity index is 1.97. The van der Waals surface area contributed by atoms with Crippen LogP contribution in [0.3, 0.4) is 0 Å². The number of hydrogen-bond acceptors (Lipinski definition) is 3. The SMILES string of the molecule is CCN1CCN(CCCCNC(=O)N(C)C)CC1. The second-order valence-corrected chi connectivity index (χ2v) is 5.11. The Morgan fingerprint density at radius 1 is 1.11 bits per heavy atom. The Morgan fingerprint density at radius 2 is 1.72 bits per heavy atom. The zero-order valence-corrected chi connectivity index (χ0v) is 12.1. The number of unbranched alkanes of at least 4 members (excludes halogenated alkanes) is 1. The summed E-state index contributed by atoms with van der Waals surface area (Å²) in [5, 5.41) is 2.90. The number of nitrogens with one attached hydrogen (secondary N) is 1. The molecule has 5 nitrogen and oxygen atoms in total. The molecular weight excluding hydrogens is 228 g/mol. The molecule has 0 atom stereocenters. The summed E-state index contributed by atoms with van der Waals surface area (Å²) in [4.78, 5) is 17.9. The van der Waals surface area contributed by atoms with Gasteiger partial charge >= 0.3 is 6.03 Å². The predicted molar refractivity (Wildman–Crippen MR) is 74.9 cm³/mol. The Hall–Kier alpha value is -0.810. The van der Waals surface area contributed by atoms with Crippen LogP contribution in [0.25, 0.3) is 0 Å². The van der Waals surface area contributed by atoms with Crippen LogP contribution in [-0.4, -0.2) is 80.6 Å². The van der Waals surface area contributed by atoms with E-state index in [4.69, 9.17) is 0 Å². The van der Waals surface area contributed by atoms with Gasteiger partial charge in [-0.2, -0.15) is 0 Å². The van der Waals surface area contributed by atoms with Gasteiger partial charge in [0.15, 0.2) is 0 Å². The number of carbonyl (C=O) groups is 1. The summed E-state index contributed by atoms with van der Waals surface area (Å²) < 4.78 is 0.